The van der Waals surface area contributed by atoms with Crippen molar-refractivity contribution in [2.24, 2.45) is 5.73 Å². The third-order valence-corrected chi connectivity index (χ3v) is 4.43. The van der Waals surface area contributed by atoms with Crippen molar-refractivity contribution in [1.82, 2.24) is 10.0 Å². The Labute approximate surface area is 144 Å². The summed E-state index contributed by atoms with van der Waals surface area (Å²) in [4.78, 5) is 11.8. The molecule has 8 heteroatoms. The van der Waals surface area contributed by atoms with Gasteiger partial charge in [-0.2, -0.15) is 0 Å². The van der Waals surface area contributed by atoms with E-state index in [0.717, 1.165) is 5.56 Å². The molecule has 132 valence electrons. The Balaban J connectivity index is 0.00000484. The first-order chi connectivity index (χ1) is 10.0. The topological polar surface area (TPSA) is 101 Å². The molecule has 0 atom stereocenters. The zero-order chi connectivity index (χ0) is 17.0. The molecule has 6 nitrogen and oxygen atoms in total. The molecule has 0 saturated heterocycles. The fraction of sp³-hybridized carbons (Fsp3) is 0.533. The molecule has 0 saturated carbocycles. The maximum Gasteiger partial charge on any atom is 0.239 e. The van der Waals surface area contributed by atoms with Crippen molar-refractivity contribution in [3.63, 3.8) is 0 Å². The Bertz CT molecular complexity index is 625. The minimum absolute atomic E-state index is 0. The van der Waals surface area contributed by atoms with Crippen molar-refractivity contribution >= 4 is 28.3 Å². The summed E-state index contributed by atoms with van der Waals surface area (Å²) in [5.41, 5.74) is 6.16. The summed E-state index contributed by atoms with van der Waals surface area (Å²) in [7, 11) is -3.41. The predicted molar refractivity (Wildman–Crippen MR) is 94.7 cm³/mol. The van der Waals surface area contributed by atoms with Gasteiger partial charge in [0.05, 0.1) is 11.3 Å². The Hall–Kier alpha value is -1.15. The highest BCUT2D eigenvalue weighted by atomic mass is 35.5. The molecule has 0 aromatic heterocycles. The van der Waals surface area contributed by atoms with E-state index >= 15 is 0 Å². The molecule has 0 aliphatic carbocycles. The molecule has 0 radical (unpaired) electrons. The fourth-order valence-electron chi connectivity index (χ4n) is 1.88. The molecular weight excluding hydrogens is 338 g/mol. The third-order valence-electron chi connectivity index (χ3n) is 2.90. The van der Waals surface area contributed by atoms with E-state index < -0.39 is 15.6 Å². The lowest BCUT2D eigenvalue weighted by atomic mass is 10.1. The molecule has 0 heterocycles. The Morgan fingerprint density at radius 1 is 1.22 bits per heavy atom. The van der Waals surface area contributed by atoms with Crippen LogP contribution < -0.4 is 15.8 Å². The number of carbonyl (C=O) groups is 1. The smallest absolute Gasteiger partial charge is 0.239 e. The molecule has 0 bridgehead atoms. The second-order valence-electron chi connectivity index (χ2n) is 6.20. The lowest BCUT2D eigenvalue weighted by Crippen LogP contribution is -2.48. The van der Waals surface area contributed by atoms with E-state index in [9.17, 15) is 13.2 Å². The van der Waals surface area contributed by atoms with Crippen LogP contribution in [-0.2, 0) is 27.1 Å². The van der Waals surface area contributed by atoms with E-state index in [4.69, 9.17) is 5.73 Å². The maximum atomic E-state index is 12.0. The van der Waals surface area contributed by atoms with Gasteiger partial charge in [-0.25, -0.2) is 13.1 Å². The van der Waals surface area contributed by atoms with Crippen molar-refractivity contribution in [3.8, 4) is 0 Å². The van der Waals surface area contributed by atoms with Crippen molar-refractivity contribution in [2.75, 3.05) is 0 Å². The second-order valence-corrected chi connectivity index (χ2v) is 7.96. The molecule has 0 aliphatic heterocycles. The summed E-state index contributed by atoms with van der Waals surface area (Å²) in [6.45, 7) is 7.02. The van der Waals surface area contributed by atoms with Crippen LogP contribution >= 0.6 is 12.4 Å². The average molecular weight is 364 g/mol. The van der Waals surface area contributed by atoms with Crippen molar-refractivity contribution < 1.29 is 13.2 Å². The van der Waals surface area contributed by atoms with Gasteiger partial charge in [0.2, 0.25) is 15.9 Å². The van der Waals surface area contributed by atoms with E-state index in [1.54, 1.807) is 52.0 Å². The van der Waals surface area contributed by atoms with Gasteiger partial charge >= 0.3 is 0 Å². The lowest BCUT2D eigenvalue weighted by molar-refractivity contribution is -0.125. The highest BCUT2D eigenvalue weighted by Gasteiger charge is 2.22. The number of halogens is 1. The van der Waals surface area contributed by atoms with Crippen LogP contribution in [-0.4, -0.2) is 25.9 Å². The first-order valence-electron chi connectivity index (χ1n) is 7.15. The average Bonchev–Trinajstić information content (AvgIpc) is 2.34. The Morgan fingerprint density at radius 3 is 2.22 bits per heavy atom. The second kappa shape index (κ2) is 8.63. The van der Waals surface area contributed by atoms with Crippen LogP contribution in [0.1, 0.15) is 38.8 Å². The molecule has 0 fully saturated rings. The number of nitrogens with one attached hydrogen (secondary N) is 2. The number of amides is 1. The summed E-state index contributed by atoms with van der Waals surface area (Å²) in [6.07, 6.45) is 0. The van der Waals surface area contributed by atoms with Gasteiger partial charge in [-0.3, -0.25) is 4.79 Å². The summed E-state index contributed by atoms with van der Waals surface area (Å²) in [6, 6.07) is 6.97. The number of rotatable bonds is 7. The van der Waals surface area contributed by atoms with Crippen LogP contribution in [0.25, 0.3) is 0 Å². The molecular formula is C15H26ClN3O3S. The SMILES string of the molecule is CC(C)NS(=O)(=O)Cc1ccccc1CNC(=O)C(C)(C)N.Cl. The molecule has 0 aliphatic rings. The quantitative estimate of drug-likeness (QED) is 0.679. The van der Waals surface area contributed by atoms with Gasteiger partial charge in [0.25, 0.3) is 0 Å². The fourth-order valence-corrected chi connectivity index (χ4v) is 3.37. The van der Waals surface area contributed by atoms with Crippen LogP contribution in [0.4, 0.5) is 0 Å². The van der Waals surface area contributed by atoms with Crippen LogP contribution in [0.15, 0.2) is 24.3 Å². The number of hydrogen-bond acceptors (Lipinski definition) is 4. The van der Waals surface area contributed by atoms with Crippen LogP contribution in [0, 0.1) is 0 Å². The van der Waals surface area contributed by atoms with Gasteiger partial charge in [0, 0.05) is 12.6 Å². The zero-order valence-electron chi connectivity index (χ0n) is 13.9. The molecule has 0 spiro atoms. The summed E-state index contributed by atoms with van der Waals surface area (Å²) < 4.78 is 26.6. The van der Waals surface area contributed by atoms with Crippen LogP contribution in [0.5, 0.6) is 0 Å². The van der Waals surface area contributed by atoms with Crippen LogP contribution in [0.2, 0.25) is 0 Å². The third kappa shape index (κ3) is 7.78. The number of sulfonamides is 1. The molecule has 1 aromatic carbocycles. The number of benzene rings is 1. The normalized spacial score (nSPS) is 11.9. The van der Waals surface area contributed by atoms with E-state index in [1.165, 1.54) is 0 Å². The van der Waals surface area contributed by atoms with Gasteiger partial charge in [-0.1, -0.05) is 24.3 Å². The summed E-state index contributed by atoms with van der Waals surface area (Å²) >= 11 is 0. The van der Waals surface area contributed by atoms with Gasteiger partial charge in [-0.05, 0) is 38.8 Å². The minimum atomic E-state index is -3.41. The van der Waals surface area contributed by atoms with Crippen molar-refractivity contribution in [3.05, 3.63) is 35.4 Å². The molecule has 0 unspecified atom stereocenters. The van der Waals surface area contributed by atoms with E-state index in [-0.39, 0.29) is 36.7 Å². The number of carbonyl (C=O) groups excluding carboxylic acids is 1. The number of hydrogen-bond donors (Lipinski definition) is 3. The molecule has 1 amide bonds. The summed E-state index contributed by atoms with van der Waals surface area (Å²) in [5, 5.41) is 2.73. The van der Waals surface area contributed by atoms with E-state index in [0.29, 0.717) is 5.56 Å². The maximum absolute atomic E-state index is 12.0. The molecule has 1 aromatic rings. The van der Waals surface area contributed by atoms with Gasteiger partial charge in [0.15, 0.2) is 0 Å². The highest BCUT2D eigenvalue weighted by molar-refractivity contribution is 7.88. The Kier molecular flexibility index (Phi) is 8.20. The van der Waals surface area contributed by atoms with Gasteiger partial charge in [0.1, 0.15) is 0 Å². The first-order valence-corrected chi connectivity index (χ1v) is 8.80. The van der Waals surface area contributed by atoms with Gasteiger partial charge < -0.3 is 11.1 Å². The van der Waals surface area contributed by atoms with Gasteiger partial charge in [-0.15, -0.1) is 12.4 Å². The molecule has 1 rings (SSSR count). The summed E-state index contributed by atoms with van der Waals surface area (Å²) in [5.74, 6) is -0.408. The van der Waals surface area contributed by atoms with Crippen LogP contribution in [0.3, 0.4) is 0 Å². The predicted octanol–water partition coefficient (Wildman–Crippen LogP) is 1.29. The van der Waals surface area contributed by atoms with Crippen molar-refractivity contribution in [2.45, 2.75) is 51.6 Å². The largest absolute Gasteiger partial charge is 0.350 e. The van der Waals surface area contributed by atoms with E-state index in [1.807, 2.05) is 0 Å². The minimum Gasteiger partial charge on any atom is -0.350 e. The molecule has 23 heavy (non-hydrogen) atoms. The monoisotopic (exact) mass is 363 g/mol. The van der Waals surface area contributed by atoms with E-state index in [2.05, 4.69) is 10.0 Å². The standard InChI is InChI=1S/C15H25N3O3S.ClH/c1-11(2)18-22(20,21)10-13-8-6-5-7-12(13)9-17-14(19)15(3,4)16;/h5-8,11,18H,9-10,16H2,1-4H3,(H,17,19);1H. The number of nitrogens with two attached hydrogens (primary N) is 1. The highest BCUT2D eigenvalue weighted by Crippen LogP contribution is 2.13. The van der Waals surface area contributed by atoms with Crippen molar-refractivity contribution in [1.29, 1.82) is 0 Å². The first kappa shape index (κ1) is 21.9. The zero-order valence-corrected chi connectivity index (χ0v) is 15.6. The lowest BCUT2D eigenvalue weighted by Gasteiger charge is -2.19. The Morgan fingerprint density at radius 2 is 1.74 bits per heavy atom. The molecule has 4 N–H and O–H groups in total.